The van der Waals surface area contributed by atoms with Gasteiger partial charge in [-0.2, -0.15) is 0 Å². The number of methoxy groups -OCH3 is 1. The number of aromatic nitrogens is 1. The number of aryl methyl sites for hydroxylation is 1. The van der Waals surface area contributed by atoms with Crippen molar-refractivity contribution in [3.05, 3.63) is 89.7 Å². The van der Waals surface area contributed by atoms with E-state index in [0.717, 1.165) is 12.0 Å². The molecule has 0 aliphatic carbocycles. The molecule has 2 aromatic carbocycles. The number of anilines is 1. The molecule has 0 bridgehead atoms. The van der Waals surface area contributed by atoms with Crippen molar-refractivity contribution in [2.24, 2.45) is 0 Å². The lowest BCUT2D eigenvalue weighted by molar-refractivity contribution is -0.116. The highest BCUT2D eigenvalue weighted by Gasteiger charge is 2.15. The van der Waals surface area contributed by atoms with Crippen LogP contribution in [-0.2, 0) is 11.2 Å². The highest BCUT2D eigenvalue weighted by molar-refractivity contribution is 6.13. The third kappa shape index (κ3) is 5.04. The standard InChI is InChI=1S/C23H22N2O3/c1-28-19-13-11-18(12-14-19)23(27)20-8-2-3-9-21(20)25-22(26)10-4-6-17-7-5-15-24-16-17/h2-3,5,7-9,11-16H,4,6,10H2,1H3,(H,25,26). The number of nitrogens with one attached hydrogen (secondary N) is 1. The van der Waals surface area contributed by atoms with E-state index < -0.39 is 0 Å². The Kier molecular flexibility index (Phi) is 6.52. The number of para-hydroxylation sites is 1. The van der Waals surface area contributed by atoms with E-state index >= 15 is 0 Å². The van der Waals surface area contributed by atoms with Gasteiger partial charge in [0.15, 0.2) is 5.78 Å². The molecular weight excluding hydrogens is 352 g/mol. The van der Waals surface area contributed by atoms with E-state index in [9.17, 15) is 9.59 Å². The van der Waals surface area contributed by atoms with Crippen molar-refractivity contribution in [2.75, 3.05) is 12.4 Å². The summed E-state index contributed by atoms with van der Waals surface area (Å²) in [5, 5.41) is 2.87. The number of amides is 1. The van der Waals surface area contributed by atoms with Gasteiger partial charge >= 0.3 is 0 Å². The van der Waals surface area contributed by atoms with Crippen molar-refractivity contribution in [3.63, 3.8) is 0 Å². The zero-order chi connectivity index (χ0) is 19.8. The molecule has 142 valence electrons. The van der Waals surface area contributed by atoms with Crippen LogP contribution in [0.15, 0.2) is 73.1 Å². The van der Waals surface area contributed by atoms with Crippen molar-refractivity contribution in [2.45, 2.75) is 19.3 Å². The Hall–Kier alpha value is -3.47. The first-order chi connectivity index (χ1) is 13.7. The van der Waals surface area contributed by atoms with Crippen LogP contribution in [0.1, 0.15) is 34.3 Å². The van der Waals surface area contributed by atoms with Gasteiger partial charge < -0.3 is 10.1 Å². The summed E-state index contributed by atoms with van der Waals surface area (Å²) in [6.07, 6.45) is 5.41. The number of rotatable bonds is 8. The summed E-state index contributed by atoms with van der Waals surface area (Å²) in [4.78, 5) is 29.3. The fraction of sp³-hybridized carbons (Fsp3) is 0.174. The number of benzene rings is 2. The first-order valence-electron chi connectivity index (χ1n) is 9.14. The van der Waals surface area contributed by atoms with Gasteiger partial charge in [-0.15, -0.1) is 0 Å². The molecule has 5 nitrogen and oxygen atoms in total. The number of pyridine rings is 1. The Morgan fingerprint density at radius 1 is 1.00 bits per heavy atom. The predicted molar refractivity (Wildman–Crippen MR) is 109 cm³/mol. The maximum Gasteiger partial charge on any atom is 0.224 e. The van der Waals surface area contributed by atoms with Crippen LogP contribution in [0.2, 0.25) is 0 Å². The Morgan fingerprint density at radius 2 is 1.79 bits per heavy atom. The molecule has 0 unspecified atom stereocenters. The lowest BCUT2D eigenvalue weighted by Gasteiger charge is -2.11. The van der Waals surface area contributed by atoms with Crippen molar-refractivity contribution in [1.82, 2.24) is 4.98 Å². The molecule has 0 saturated carbocycles. The largest absolute Gasteiger partial charge is 0.497 e. The fourth-order valence-electron chi connectivity index (χ4n) is 2.90. The van der Waals surface area contributed by atoms with Crippen LogP contribution in [-0.4, -0.2) is 23.8 Å². The van der Waals surface area contributed by atoms with E-state index in [1.165, 1.54) is 0 Å². The molecule has 0 spiro atoms. The van der Waals surface area contributed by atoms with Gasteiger partial charge in [0.25, 0.3) is 0 Å². The van der Waals surface area contributed by atoms with Crippen LogP contribution in [0, 0.1) is 0 Å². The Labute approximate surface area is 164 Å². The molecule has 1 heterocycles. The van der Waals surface area contributed by atoms with Crippen LogP contribution in [0.25, 0.3) is 0 Å². The first-order valence-corrected chi connectivity index (χ1v) is 9.14. The van der Waals surface area contributed by atoms with Gasteiger partial charge in [-0.05, 0) is 60.9 Å². The Morgan fingerprint density at radius 3 is 2.50 bits per heavy atom. The second-order valence-corrected chi connectivity index (χ2v) is 6.37. The molecule has 1 amide bonds. The molecule has 3 aromatic rings. The quantitative estimate of drug-likeness (QED) is 0.598. The summed E-state index contributed by atoms with van der Waals surface area (Å²) in [7, 11) is 1.58. The maximum absolute atomic E-state index is 12.8. The molecule has 28 heavy (non-hydrogen) atoms. The van der Waals surface area contributed by atoms with E-state index in [2.05, 4.69) is 10.3 Å². The Balaban J connectivity index is 1.64. The second-order valence-electron chi connectivity index (χ2n) is 6.37. The third-order valence-corrected chi connectivity index (χ3v) is 4.39. The summed E-state index contributed by atoms with van der Waals surface area (Å²) in [5.41, 5.74) is 2.63. The van der Waals surface area contributed by atoms with Crippen LogP contribution in [0.4, 0.5) is 5.69 Å². The van der Waals surface area contributed by atoms with E-state index in [1.807, 2.05) is 12.1 Å². The summed E-state index contributed by atoms with van der Waals surface area (Å²) in [6.45, 7) is 0. The van der Waals surface area contributed by atoms with Crippen LogP contribution in [0.5, 0.6) is 5.75 Å². The monoisotopic (exact) mass is 374 g/mol. The molecule has 0 fully saturated rings. The van der Waals surface area contributed by atoms with E-state index in [1.54, 1.807) is 68.0 Å². The number of nitrogens with zero attached hydrogens (tertiary/aromatic N) is 1. The van der Waals surface area contributed by atoms with E-state index in [0.29, 0.717) is 35.4 Å². The normalized spacial score (nSPS) is 10.3. The molecular formula is C23H22N2O3. The lowest BCUT2D eigenvalue weighted by Crippen LogP contribution is -2.15. The minimum atomic E-state index is -0.145. The van der Waals surface area contributed by atoms with Crippen molar-refractivity contribution in [1.29, 1.82) is 0 Å². The van der Waals surface area contributed by atoms with Crippen LogP contribution in [0.3, 0.4) is 0 Å². The zero-order valence-corrected chi connectivity index (χ0v) is 15.7. The molecule has 0 aliphatic rings. The van der Waals surface area contributed by atoms with Gasteiger partial charge in [0.05, 0.1) is 12.8 Å². The molecule has 3 rings (SSSR count). The molecule has 0 radical (unpaired) electrons. The number of hydrogen-bond acceptors (Lipinski definition) is 4. The highest BCUT2D eigenvalue weighted by Crippen LogP contribution is 2.21. The Bertz CT molecular complexity index is 938. The van der Waals surface area contributed by atoms with Crippen molar-refractivity contribution < 1.29 is 14.3 Å². The summed E-state index contributed by atoms with van der Waals surface area (Å²) in [5.74, 6) is 0.430. The highest BCUT2D eigenvalue weighted by atomic mass is 16.5. The summed E-state index contributed by atoms with van der Waals surface area (Å²) in [6, 6.07) is 17.9. The molecule has 0 aliphatic heterocycles. The topological polar surface area (TPSA) is 68.3 Å². The first kappa shape index (κ1) is 19.3. The van der Waals surface area contributed by atoms with Crippen LogP contribution < -0.4 is 10.1 Å². The number of carbonyl (C=O) groups excluding carboxylic acids is 2. The number of hydrogen-bond donors (Lipinski definition) is 1. The SMILES string of the molecule is COc1ccc(C(=O)c2ccccc2NC(=O)CCCc2cccnc2)cc1. The fourth-order valence-corrected chi connectivity index (χ4v) is 2.90. The number of ether oxygens (including phenoxy) is 1. The molecule has 1 aromatic heterocycles. The molecule has 0 atom stereocenters. The van der Waals surface area contributed by atoms with E-state index in [4.69, 9.17) is 4.74 Å². The van der Waals surface area contributed by atoms with Crippen molar-refractivity contribution in [3.8, 4) is 5.75 Å². The minimum Gasteiger partial charge on any atom is -0.497 e. The smallest absolute Gasteiger partial charge is 0.224 e. The minimum absolute atomic E-state index is 0.112. The summed E-state index contributed by atoms with van der Waals surface area (Å²) >= 11 is 0. The predicted octanol–water partition coefficient (Wildman–Crippen LogP) is 4.28. The zero-order valence-electron chi connectivity index (χ0n) is 15.7. The van der Waals surface area contributed by atoms with Crippen molar-refractivity contribution >= 4 is 17.4 Å². The van der Waals surface area contributed by atoms with Crippen LogP contribution >= 0.6 is 0 Å². The van der Waals surface area contributed by atoms with Gasteiger partial charge in [-0.25, -0.2) is 0 Å². The lowest BCUT2D eigenvalue weighted by atomic mass is 10.0. The average molecular weight is 374 g/mol. The molecule has 0 saturated heterocycles. The van der Waals surface area contributed by atoms with E-state index in [-0.39, 0.29) is 11.7 Å². The second kappa shape index (κ2) is 9.46. The molecule has 5 heteroatoms. The third-order valence-electron chi connectivity index (χ3n) is 4.39. The number of ketones is 1. The molecule has 1 N–H and O–H groups in total. The van der Waals surface area contributed by atoms with Gasteiger partial charge in [-0.1, -0.05) is 18.2 Å². The van der Waals surface area contributed by atoms with Gasteiger partial charge in [-0.3, -0.25) is 14.6 Å². The van der Waals surface area contributed by atoms with Gasteiger partial charge in [0, 0.05) is 29.9 Å². The van der Waals surface area contributed by atoms with Gasteiger partial charge in [0.2, 0.25) is 5.91 Å². The number of carbonyl (C=O) groups is 2. The maximum atomic E-state index is 12.8. The average Bonchev–Trinajstić information content (AvgIpc) is 2.74. The van der Waals surface area contributed by atoms with Gasteiger partial charge in [0.1, 0.15) is 5.75 Å². The summed E-state index contributed by atoms with van der Waals surface area (Å²) < 4.78 is 5.13.